The summed E-state index contributed by atoms with van der Waals surface area (Å²) in [4.78, 5) is 15.5. The molecule has 2 aromatic rings. The van der Waals surface area contributed by atoms with E-state index in [0.29, 0.717) is 17.1 Å². The smallest absolute Gasteiger partial charge is 0.348 e. The van der Waals surface area contributed by atoms with E-state index < -0.39 is 0 Å². The molecule has 0 atom stereocenters. The molecule has 0 unspecified atom stereocenters. The fraction of sp³-hybridized carbons (Fsp3) is 0.545. The van der Waals surface area contributed by atoms with E-state index in [4.69, 9.17) is 11.6 Å². The first-order valence-corrected chi connectivity index (χ1v) is 6.49. The SMILES string of the molecule is O=c1[nH]nc2cc(NC3CCC(Cl)CC3)ncn12. The summed E-state index contributed by atoms with van der Waals surface area (Å²) >= 11 is 6.07. The molecule has 0 bridgehead atoms. The molecule has 1 fully saturated rings. The average molecular weight is 268 g/mol. The van der Waals surface area contributed by atoms with Crippen LogP contribution in [0.25, 0.3) is 5.65 Å². The van der Waals surface area contributed by atoms with E-state index in [9.17, 15) is 4.79 Å². The van der Waals surface area contributed by atoms with Gasteiger partial charge in [-0.2, -0.15) is 5.10 Å². The largest absolute Gasteiger partial charge is 0.367 e. The van der Waals surface area contributed by atoms with Crippen LogP contribution < -0.4 is 11.0 Å². The van der Waals surface area contributed by atoms with E-state index in [0.717, 1.165) is 31.5 Å². The Labute approximate surface area is 108 Å². The van der Waals surface area contributed by atoms with Crippen LogP contribution in [0.4, 0.5) is 5.82 Å². The summed E-state index contributed by atoms with van der Waals surface area (Å²) in [7, 11) is 0. The number of halogens is 1. The maximum Gasteiger partial charge on any atom is 0.348 e. The van der Waals surface area contributed by atoms with Crippen LogP contribution in [-0.2, 0) is 0 Å². The van der Waals surface area contributed by atoms with Crippen molar-refractivity contribution in [1.82, 2.24) is 19.6 Å². The summed E-state index contributed by atoms with van der Waals surface area (Å²) in [5, 5.41) is 9.97. The first-order valence-electron chi connectivity index (χ1n) is 6.06. The fourth-order valence-electron chi connectivity index (χ4n) is 2.29. The lowest BCUT2D eigenvalue weighted by atomic mass is 9.95. The highest BCUT2D eigenvalue weighted by Crippen LogP contribution is 2.24. The van der Waals surface area contributed by atoms with Crippen LogP contribution in [0, 0.1) is 0 Å². The predicted octanol–water partition coefficient (Wildman–Crippen LogP) is 1.38. The topological polar surface area (TPSA) is 75.1 Å². The molecule has 2 N–H and O–H groups in total. The van der Waals surface area contributed by atoms with Gasteiger partial charge >= 0.3 is 5.69 Å². The van der Waals surface area contributed by atoms with Crippen LogP contribution in [0.2, 0.25) is 0 Å². The fourth-order valence-corrected chi connectivity index (χ4v) is 2.55. The van der Waals surface area contributed by atoms with Crippen molar-refractivity contribution in [2.24, 2.45) is 0 Å². The third kappa shape index (κ3) is 2.20. The van der Waals surface area contributed by atoms with Gasteiger partial charge in [0.05, 0.1) is 0 Å². The molecule has 18 heavy (non-hydrogen) atoms. The van der Waals surface area contributed by atoms with Crippen molar-refractivity contribution in [3.05, 3.63) is 22.9 Å². The van der Waals surface area contributed by atoms with Crippen molar-refractivity contribution in [1.29, 1.82) is 0 Å². The van der Waals surface area contributed by atoms with Gasteiger partial charge < -0.3 is 5.32 Å². The van der Waals surface area contributed by atoms with Crippen molar-refractivity contribution >= 4 is 23.1 Å². The van der Waals surface area contributed by atoms with Crippen molar-refractivity contribution in [3.63, 3.8) is 0 Å². The molecule has 0 spiro atoms. The van der Waals surface area contributed by atoms with Gasteiger partial charge in [0.25, 0.3) is 0 Å². The Bertz CT molecular complexity index is 599. The highest BCUT2D eigenvalue weighted by molar-refractivity contribution is 6.20. The summed E-state index contributed by atoms with van der Waals surface area (Å²) in [5.41, 5.74) is 0.301. The van der Waals surface area contributed by atoms with Gasteiger partial charge in [0.15, 0.2) is 5.65 Å². The van der Waals surface area contributed by atoms with Crippen LogP contribution >= 0.6 is 11.6 Å². The molecular formula is C11H14ClN5O. The number of hydrogen-bond donors (Lipinski definition) is 2. The van der Waals surface area contributed by atoms with Crippen molar-refractivity contribution in [2.75, 3.05) is 5.32 Å². The molecule has 0 amide bonds. The van der Waals surface area contributed by atoms with Gasteiger partial charge in [-0.05, 0) is 25.7 Å². The summed E-state index contributed by atoms with van der Waals surface area (Å²) in [5.74, 6) is 0.750. The van der Waals surface area contributed by atoms with Crippen LogP contribution in [0.5, 0.6) is 0 Å². The number of nitrogens with zero attached hydrogens (tertiary/aromatic N) is 3. The number of hydrogen-bond acceptors (Lipinski definition) is 4. The van der Waals surface area contributed by atoms with Crippen molar-refractivity contribution < 1.29 is 0 Å². The lowest BCUT2D eigenvalue weighted by Crippen LogP contribution is -2.26. The third-order valence-corrected chi connectivity index (χ3v) is 3.75. The minimum absolute atomic E-state index is 0.272. The zero-order chi connectivity index (χ0) is 12.5. The summed E-state index contributed by atoms with van der Waals surface area (Å²) in [6, 6.07) is 2.17. The Morgan fingerprint density at radius 1 is 1.39 bits per heavy atom. The Balaban J connectivity index is 1.76. The molecule has 2 aromatic heterocycles. The van der Waals surface area contributed by atoms with E-state index >= 15 is 0 Å². The van der Waals surface area contributed by atoms with Gasteiger partial charge in [0, 0.05) is 17.5 Å². The molecule has 96 valence electrons. The molecule has 1 aliphatic carbocycles. The molecule has 6 nitrogen and oxygen atoms in total. The lowest BCUT2D eigenvalue weighted by Gasteiger charge is -2.26. The van der Waals surface area contributed by atoms with Gasteiger partial charge in [0.2, 0.25) is 0 Å². The van der Waals surface area contributed by atoms with Crippen LogP contribution in [0.3, 0.4) is 0 Å². The van der Waals surface area contributed by atoms with Gasteiger partial charge in [-0.25, -0.2) is 19.3 Å². The number of rotatable bonds is 2. The molecule has 0 aliphatic heterocycles. The monoisotopic (exact) mass is 267 g/mol. The Hall–Kier alpha value is -1.56. The van der Waals surface area contributed by atoms with Gasteiger partial charge in [0.1, 0.15) is 12.1 Å². The second-order valence-electron chi connectivity index (χ2n) is 4.62. The van der Waals surface area contributed by atoms with Gasteiger partial charge in [-0.3, -0.25) is 0 Å². The standard InChI is InChI=1S/C11H14ClN5O/c12-7-1-3-8(4-2-7)14-9-5-10-15-16-11(18)17(10)6-13-9/h5-8,14H,1-4H2,(H,16,18). The van der Waals surface area contributed by atoms with Crippen LogP contribution in [0.1, 0.15) is 25.7 Å². The normalized spacial score (nSPS) is 24.3. The van der Waals surface area contributed by atoms with Gasteiger partial charge in [-0.1, -0.05) is 0 Å². The first-order chi connectivity index (χ1) is 8.72. The zero-order valence-electron chi connectivity index (χ0n) is 9.77. The second kappa shape index (κ2) is 4.61. The maximum absolute atomic E-state index is 11.3. The first kappa shape index (κ1) is 11.5. The summed E-state index contributed by atoms with van der Waals surface area (Å²) < 4.78 is 1.38. The molecular weight excluding hydrogens is 254 g/mol. The molecule has 0 radical (unpaired) electrons. The third-order valence-electron chi connectivity index (χ3n) is 3.32. The highest BCUT2D eigenvalue weighted by atomic mass is 35.5. The number of alkyl halides is 1. The number of aromatic nitrogens is 4. The molecule has 2 heterocycles. The number of fused-ring (bicyclic) bond motifs is 1. The minimum Gasteiger partial charge on any atom is -0.367 e. The quantitative estimate of drug-likeness (QED) is 0.806. The Kier molecular flexibility index (Phi) is 2.95. The maximum atomic E-state index is 11.3. The van der Waals surface area contributed by atoms with Gasteiger partial charge in [-0.15, -0.1) is 11.6 Å². The molecule has 1 saturated carbocycles. The van der Waals surface area contributed by atoms with Crippen molar-refractivity contribution in [2.45, 2.75) is 37.1 Å². The van der Waals surface area contributed by atoms with E-state index in [1.54, 1.807) is 6.07 Å². The second-order valence-corrected chi connectivity index (χ2v) is 5.24. The molecule has 3 rings (SSSR count). The van der Waals surface area contributed by atoms with Crippen LogP contribution in [0.15, 0.2) is 17.2 Å². The van der Waals surface area contributed by atoms with Crippen LogP contribution in [-0.4, -0.2) is 31.0 Å². The van der Waals surface area contributed by atoms with E-state index in [1.165, 1.54) is 10.7 Å². The zero-order valence-corrected chi connectivity index (χ0v) is 10.5. The van der Waals surface area contributed by atoms with E-state index in [2.05, 4.69) is 20.5 Å². The molecule has 1 aliphatic rings. The van der Waals surface area contributed by atoms with E-state index in [-0.39, 0.29) is 5.69 Å². The number of H-pyrrole nitrogens is 1. The average Bonchev–Trinajstić information content (AvgIpc) is 2.74. The molecule has 0 saturated heterocycles. The summed E-state index contributed by atoms with van der Waals surface area (Å²) in [6.07, 6.45) is 5.64. The number of aromatic amines is 1. The lowest BCUT2D eigenvalue weighted by molar-refractivity contribution is 0.467. The number of anilines is 1. The summed E-state index contributed by atoms with van der Waals surface area (Å²) in [6.45, 7) is 0. The highest BCUT2D eigenvalue weighted by Gasteiger charge is 2.19. The van der Waals surface area contributed by atoms with E-state index in [1.807, 2.05) is 0 Å². The number of nitrogens with one attached hydrogen (secondary N) is 2. The van der Waals surface area contributed by atoms with Crippen molar-refractivity contribution in [3.8, 4) is 0 Å². The Morgan fingerprint density at radius 2 is 2.17 bits per heavy atom. The molecule has 7 heteroatoms. The minimum atomic E-state index is -0.272. The molecule has 0 aromatic carbocycles. The Morgan fingerprint density at radius 3 is 2.94 bits per heavy atom. The predicted molar refractivity (Wildman–Crippen MR) is 69.1 cm³/mol.